The van der Waals surface area contributed by atoms with Gasteiger partial charge in [-0.25, -0.2) is 4.90 Å². The number of hydrogen-bond acceptors (Lipinski definition) is 6. The highest BCUT2D eigenvalue weighted by Crippen LogP contribution is 2.50. The first-order valence-electron chi connectivity index (χ1n) is 8.07. The molecule has 2 aliphatic rings. The number of hydrogen-bond donors (Lipinski definition) is 1. The van der Waals surface area contributed by atoms with E-state index in [1.54, 1.807) is 24.3 Å². The lowest BCUT2D eigenvalue weighted by Gasteiger charge is -2.28. The van der Waals surface area contributed by atoms with Crippen LogP contribution in [0.25, 0.3) is 0 Å². The van der Waals surface area contributed by atoms with Crippen molar-refractivity contribution in [3.63, 3.8) is 0 Å². The number of fused-ring (bicyclic) bond motifs is 1. The minimum Gasteiger partial charge on any atom is -0.469 e. The molecule has 0 unspecified atom stereocenters. The van der Waals surface area contributed by atoms with Crippen molar-refractivity contribution in [3.05, 3.63) is 64.6 Å². The van der Waals surface area contributed by atoms with Crippen molar-refractivity contribution in [2.45, 2.75) is 18.1 Å². The molecule has 2 aliphatic heterocycles. The van der Waals surface area contributed by atoms with E-state index in [-0.39, 0.29) is 22.4 Å². The number of furan rings is 1. The van der Waals surface area contributed by atoms with Crippen LogP contribution >= 0.6 is 11.8 Å². The molecule has 1 aromatic carbocycles. The third kappa shape index (κ3) is 2.34. The molecule has 2 amide bonds. The van der Waals surface area contributed by atoms with Gasteiger partial charge in [-0.15, -0.1) is 0 Å². The van der Waals surface area contributed by atoms with Gasteiger partial charge in [0.1, 0.15) is 11.0 Å². The third-order valence-electron chi connectivity index (χ3n) is 4.75. The second kappa shape index (κ2) is 6.07. The van der Waals surface area contributed by atoms with E-state index in [9.17, 15) is 14.9 Å². The Morgan fingerprint density at radius 1 is 1.19 bits per heavy atom. The van der Waals surface area contributed by atoms with Crippen molar-refractivity contribution < 1.29 is 14.0 Å². The third-order valence-corrected chi connectivity index (χ3v) is 5.97. The second-order valence-electron chi connectivity index (χ2n) is 6.29. The lowest BCUT2D eigenvalue weighted by atomic mass is 9.82. The molecule has 0 aliphatic carbocycles. The summed E-state index contributed by atoms with van der Waals surface area (Å²) < 4.78 is 5.47. The molecule has 130 valence electrons. The predicted octanol–water partition coefficient (Wildman–Crippen LogP) is 2.67. The molecule has 1 saturated heterocycles. The lowest BCUT2D eigenvalue weighted by molar-refractivity contribution is -0.122. The first-order chi connectivity index (χ1) is 12.5. The average Bonchev–Trinajstić information content (AvgIpc) is 3.23. The summed E-state index contributed by atoms with van der Waals surface area (Å²) in [6, 6.07) is 12.7. The summed E-state index contributed by atoms with van der Waals surface area (Å²) in [5, 5.41) is 9.16. The Kier molecular flexibility index (Phi) is 3.85. The molecule has 2 N–H and O–H groups in total. The van der Waals surface area contributed by atoms with Gasteiger partial charge in [-0.1, -0.05) is 29.5 Å². The molecule has 6 nitrogen and oxygen atoms in total. The van der Waals surface area contributed by atoms with Crippen LogP contribution in [0.15, 0.2) is 57.7 Å². The number of amides is 2. The fourth-order valence-electron chi connectivity index (χ4n) is 3.50. The van der Waals surface area contributed by atoms with Gasteiger partial charge in [0.25, 0.3) is 0 Å². The Hall–Kier alpha value is -2.98. The van der Waals surface area contributed by atoms with E-state index in [1.165, 1.54) is 11.2 Å². The van der Waals surface area contributed by atoms with Crippen LogP contribution in [0.5, 0.6) is 0 Å². The average molecular weight is 365 g/mol. The van der Waals surface area contributed by atoms with Gasteiger partial charge >= 0.3 is 0 Å². The van der Waals surface area contributed by atoms with E-state index in [0.717, 1.165) is 17.3 Å². The van der Waals surface area contributed by atoms with Crippen LogP contribution in [0.2, 0.25) is 0 Å². The molecule has 7 heteroatoms. The molecule has 0 spiro atoms. The van der Waals surface area contributed by atoms with Gasteiger partial charge < -0.3 is 10.2 Å². The van der Waals surface area contributed by atoms with E-state index in [2.05, 4.69) is 6.07 Å². The maximum absolute atomic E-state index is 13.2. The van der Waals surface area contributed by atoms with Crippen molar-refractivity contribution in [3.8, 4) is 6.07 Å². The van der Waals surface area contributed by atoms with Gasteiger partial charge in [0.15, 0.2) is 0 Å². The van der Waals surface area contributed by atoms with Crippen LogP contribution in [0.3, 0.4) is 0 Å². The lowest BCUT2D eigenvalue weighted by Crippen LogP contribution is -2.33. The van der Waals surface area contributed by atoms with Gasteiger partial charge in [-0.3, -0.25) is 9.59 Å². The second-order valence-corrected chi connectivity index (χ2v) is 7.48. The summed E-state index contributed by atoms with van der Waals surface area (Å²) >= 11 is 1.09. The maximum Gasteiger partial charge on any atom is 0.248 e. The summed E-state index contributed by atoms with van der Waals surface area (Å²) in [6.07, 6.45) is 1.48. The van der Waals surface area contributed by atoms with E-state index in [1.807, 2.05) is 19.1 Å². The molecule has 1 aromatic heterocycles. The standard InChI is InChI=1S/C19H15N3O3S/c1-10-4-6-11(7-5-10)22-18(23)15-14(13-3-2-8-25-13)12(9-20)17(21)26-16(15)19(22)24/h2-8,14-16H,21H2,1H3/t14-,15+,16+/m1/s1. The van der Waals surface area contributed by atoms with Crippen molar-refractivity contribution in [1.82, 2.24) is 0 Å². The highest BCUT2D eigenvalue weighted by molar-refractivity contribution is 8.04. The van der Waals surface area contributed by atoms with Gasteiger partial charge in [0, 0.05) is 0 Å². The zero-order chi connectivity index (χ0) is 18.4. The number of benzene rings is 1. The van der Waals surface area contributed by atoms with Gasteiger partial charge in [0.2, 0.25) is 11.8 Å². The predicted molar refractivity (Wildman–Crippen MR) is 96.8 cm³/mol. The number of thioether (sulfide) groups is 1. The van der Waals surface area contributed by atoms with E-state index >= 15 is 0 Å². The van der Waals surface area contributed by atoms with Crippen molar-refractivity contribution in [2.75, 3.05) is 4.90 Å². The Balaban J connectivity index is 1.82. The molecular weight excluding hydrogens is 350 g/mol. The number of carbonyl (C=O) groups is 2. The molecule has 4 rings (SSSR count). The van der Waals surface area contributed by atoms with E-state index < -0.39 is 17.1 Å². The topological polar surface area (TPSA) is 100 Å². The molecule has 26 heavy (non-hydrogen) atoms. The number of imide groups is 1. The Labute approximate surface area is 154 Å². The fraction of sp³-hybridized carbons (Fsp3) is 0.211. The molecule has 0 saturated carbocycles. The highest BCUT2D eigenvalue weighted by atomic mass is 32.2. The maximum atomic E-state index is 13.2. The molecule has 2 aromatic rings. The largest absolute Gasteiger partial charge is 0.469 e. The molecule has 3 heterocycles. The molecule has 0 bridgehead atoms. The Morgan fingerprint density at radius 3 is 2.54 bits per heavy atom. The van der Waals surface area contributed by atoms with Gasteiger partial charge in [-0.05, 0) is 31.2 Å². The fourth-order valence-corrected chi connectivity index (χ4v) is 4.70. The number of rotatable bonds is 2. The summed E-state index contributed by atoms with van der Waals surface area (Å²) in [5.74, 6) is -1.56. The summed E-state index contributed by atoms with van der Waals surface area (Å²) in [4.78, 5) is 27.4. The SMILES string of the molecule is Cc1ccc(N2C(=O)[C@@H]3[C@H](SC(N)=C(C#N)[C@@H]3c3ccco3)C2=O)cc1. The molecule has 3 atom stereocenters. The first-order valence-corrected chi connectivity index (χ1v) is 8.95. The summed E-state index contributed by atoms with van der Waals surface area (Å²) in [7, 11) is 0. The van der Waals surface area contributed by atoms with Crippen LogP contribution in [0.1, 0.15) is 17.2 Å². The Bertz CT molecular complexity index is 957. The number of allylic oxidation sites excluding steroid dienone is 1. The minimum absolute atomic E-state index is 0.266. The monoisotopic (exact) mass is 365 g/mol. The van der Waals surface area contributed by atoms with E-state index in [0.29, 0.717) is 11.4 Å². The van der Waals surface area contributed by atoms with Crippen LogP contribution in [0, 0.1) is 24.2 Å². The van der Waals surface area contributed by atoms with Gasteiger partial charge in [-0.2, -0.15) is 5.26 Å². The number of carbonyl (C=O) groups excluding carboxylic acids is 2. The number of aryl methyl sites for hydroxylation is 1. The minimum atomic E-state index is -0.720. The molecule has 0 radical (unpaired) electrons. The van der Waals surface area contributed by atoms with Crippen LogP contribution in [0.4, 0.5) is 5.69 Å². The number of anilines is 1. The zero-order valence-corrected chi connectivity index (χ0v) is 14.7. The zero-order valence-electron chi connectivity index (χ0n) is 13.9. The van der Waals surface area contributed by atoms with Gasteiger partial charge in [0.05, 0.1) is 40.5 Å². The van der Waals surface area contributed by atoms with Crippen LogP contribution in [-0.2, 0) is 9.59 Å². The normalized spacial score (nSPS) is 25.4. The number of nitrogens with zero attached hydrogens (tertiary/aromatic N) is 2. The first kappa shape index (κ1) is 16.5. The van der Waals surface area contributed by atoms with Crippen LogP contribution < -0.4 is 10.6 Å². The smallest absolute Gasteiger partial charge is 0.248 e. The van der Waals surface area contributed by atoms with Crippen molar-refractivity contribution in [1.29, 1.82) is 5.26 Å². The number of nitrogens with two attached hydrogens (primary N) is 1. The molecule has 1 fully saturated rings. The van der Waals surface area contributed by atoms with Crippen molar-refractivity contribution in [2.24, 2.45) is 11.7 Å². The number of nitriles is 1. The molecular formula is C19H15N3O3S. The summed E-state index contributed by atoms with van der Waals surface area (Å²) in [6.45, 7) is 1.93. The highest BCUT2D eigenvalue weighted by Gasteiger charge is 2.56. The van der Waals surface area contributed by atoms with E-state index in [4.69, 9.17) is 10.2 Å². The van der Waals surface area contributed by atoms with Crippen molar-refractivity contribution >= 4 is 29.3 Å². The summed E-state index contributed by atoms with van der Waals surface area (Å²) in [5.41, 5.74) is 7.88. The Morgan fingerprint density at radius 2 is 1.92 bits per heavy atom. The van der Waals surface area contributed by atoms with Crippen LogP contribution in [-0.4, -0.2) is 17.1 Å². The quantitative estimate of drug-likeness (QED) is 0.821.